The molecule has 0 heterocycles. The predicted octanol–water partition coefficient (Wildman–Crippen LogP) is 7.33. The highest BCUT2D eigenvalue weighted by Crippen LogP contribution is 2.30. The summed E-state index contributed by atoms with van der Waals surface area (Å²) in [6, 6.07) is 15.3. The normalized spacial score (nSPS) is 14.7. The first-order valence-electron chi connectivity index (χ1n) is 14.3. The fourth-order valence-corrected chi connectivity index (χ4v) is 7.21. The van der Waals surface area contributed by atoms with Crippen LogP contribution in [0.4, 0.5) is 5.69 Å². The van der Waals surface area contributed by atoms with Gasteiger partial charge in [-0.1, -0.05) is 83.9 Å². The molecule has 0 aromatic heterocycles. The number of hydrogen-bond acceptors (Lipinski definition) is 4. The minimum atomic E-state index is -4.21. The van der Waals surface area contributed by atoms with Gasteiger partial charge in [0.05, 0.1) is 10.6 Å². The van der Waals surface area contributed by atoms with Gasteiger partial charge in [-0.3, -0.25) is 13.9 Å². The topological polar surface area (TPSA) is 86.8 Å². The van der Waals surface area contributed by atoms with Crippen molar-refractivity contribution in [3.63, 3.8) is 0 Å². The maximum absolute atomic E-state index is 14.2. The minimum absolute atomic E-state index is 0.0198. The molecule has 1 aliphatic rings. The molecule has 0 bridgehead atoms. The van der Waals surface area contributed by atoms with E-state index < -0.39 is 28.5 Å². The van der Waals surface area contributed by atoms with Crippen LogP contribution < -0.4 is 9.62 Å². The molecule has 1 saturated carbocycles. The van der Waals surface area contributed by atoms with Crippen LogP contribution in [0.1, 0.15) is 55.7 Å². The molecule has 3 aromatic carbocycles. The maximum atomic E-state index is 14.2. The van der Waals surface area contributed by atoms with Crippen molar-refractivity contribution in [3.05, 3.63) is 92.4 Å². The molecule has 0 radical (unpaired) electrons. The number of rotatable bonds is 10. The average molecular weight is 665 g/mol. The first-order chi connectivity index (χ1) is 20.4. The van der Waals surface area contributed by atoms with Crippen molar-refractivity contribution in [2.75, 3.05) is 10.8 Å². The third-order valence-corrected chi connectivity index (χ3v) is 10.7. The number of anilines is 1. The van der Waals surface area contributed by atoms with Gasteiger partial charge in [-0.2, -0.15) is 0 Å². The summed E-state index contributed by atoms with van der Waals surface area (Å²) in [5.41, 5.74) is 2.33. The molecule has 1 atom stereocenters. The van der Waals surface area contributed by atoms with Crippen LogP contribution in [-0.2, 0) is 26.2 Å². The SMILES string of the molecule is Cc1ccc(S(=O)(=O)N(CC(=O)N(Cc2c(Cl)cccc2Cl)[C@H](C)C(=O)NC2CCCCC2)c2ccc(C)c(Cl)c2)cc1. The van der Waals surface area contributed by atoms with Crippen LogP contribution in [0, 0.1) is 13.8 Å². The van der Waals surface area contributed by atoms with Crippen LogP contribution in [0.2, 0.25) is 15.1 Å². The van der Waals surface area contributed by atoms with Crippen molar-refractivity contribution in [2.24, 2.45) is 0 Å². The second-order valence-electron chi connectivity index (χ2n) is 11.0. The zero-order valence-corrected chi connectivity index (χ0v) is 27.5. The summed E-state index contributed by atoms with van der Waals surface area (Å²) in [7, 11) is -4.21. The zero-order valence-electron chi connectivity index (χ0n) is 24.4. The van der Waals surface area contributed by atoms with E-state index in [4.69, 9.17) is 34.8 Å². The molecule has 11 heteroatoms. The molecule has 230 valence electrons. The maximum Gasteiger partial charge on any atom is 0.264 e. The van der Waals surface area contributed by atoms with Gasteiger partial charge in [0, 0.05) is 33.2 Å². The van der Waals surface area contributed by atoms with Gasteiger partial charge in [-0.25, -0.2) is 8.42 Å². The Morgan fingerprint density at radius 2 is 1.53 bits per heavy atom. The number of hydrogen-bond donors (Lipinski definition) is 1. The quantitative estimate of drug-likeness (QED) is 0.246. The first-order valence-corrected chi connectivity index (χ1v) is 16.8. The number of sulfonamides is 1. The number of carbonyl (C=O) groups excluding carboxylic acids is 2. The number of halogens is 3. The van der Waals surface area contributed by atoms with Gasteiger partial charge >= 0.3 is 0 Å². The predicted molar refractivity (Wildman–Crippen MR) is 173 cm³/mol. The Morgan fingerprint density at radius 1 is 0.907 bits per heavy atom. The van der Waals surface area contributed by atoms with E-state index in [0.29, 0.717) is 20.6 Å². The highest BCUT2D eigenvalue weighted by molar-refractivity contribution is 7.92. The Balaban J connectivity index is 1.73. The second-order valence-corrected chi connectivity index (χ2v) is 14.1. The molecule has 0 aliphatic heterocycles. The minimum Gasteiger partial charge on any atom is -0.352 e. The van der Waals surface area contributed by atoms with Crippen molar-refractivity contribution >= 4 is 62.3 Å². The summed E-state index contributed by atoms with van der Waals surface area (Å²) in [5, 5.41) is 4.10. The van der Waals surface area contributed by atoms with Gasteiger partial charge < -0.3 is 10.2 Å². The van der Waals surface area contributed by atoms with Crippen LogP contribution in [0.15, 0.2) is 65.6 Å². The standard InChI is InChI=1S/C32H36Cl3N3O4S/c1-21-12-16-26(17-13-21)43(41,42)38(25-15-14-22(2)30(35)18-25)20-31(39)37(19-27-28(33)10-7-11-29(27)34)23(3)32(40)36-24-8-5-4-6-9-24/h7,10-18,23-24H,4-6,8-9,19-20H2,1-3H3,(H,36,40)/t23-/m1/s1. The fraction of sp³-hybridized carbons (Fsp3) is 0.375. The summed E-state index contributed by atoms with van der Waals surface area (Å²) in [6.45, 7) is 4.61. The van der Waals surface area contributed by atoms with Crippen LogP contribution in [0.25, 0.3) is 0 Å². The van der Waals surface area contributed by atoms with Gasteiger partial charge in [0.1, 0.15) is 12.6 Å². The largest absolute Gasteiger partial charge is 0.352 e. The zero-order chi connectivity index (χ0) is 31.3. The van der Waals surface area contributed by atoms with Crippen LogP contribution in [0.5, 0.6) is 0 Å². The molecule has 0 saturated heterocycles. The van der Waals surface area contributed by atoms with Crippen molar-refractivity contribution in [1.29, 1.82) is 0 Å². The summed E-state index contributed by atoms with van der Waals surface area (Å²) in [5.74, 6) is -0.926. The number of nitrogens with zero attached hydrogens (tertiary/aromatic N) is 2. The van der Waals surface area contributed by atoms with Gasteiger partial charge in [0.15, 0.2) is 0 Å². The number of benzene rings is 3. The number of amides is 2. The van der Waals surface area contributed by atoms with Crippen LogP contribution in [-0.4, -0.2) is 43.8 Å². The molecule has 0 spiro atoms. The van der Waals surface area contributed by atoms with Crippen molar-refractivity contribution in [1.82, 2.24) is 10.2 Å². The Morgan fingerprint density at radius 3 is 2.14 bits per heavy atom. The Labute approximate surface area is 269 Å². The Kier molecular flexibility index (Phi) is 11.0. The molecule has 43 heavy (non-hydrogen) atoms. The van der Waals surface area contributed by atoms with E-state index in [-0.39, 0.29) is 29.1 Å². The van der Waals surface area contributed by atoms with Crippen LogP contribution in [0.3, 0.4) is 0 Å². The Hall–Kier alpha value is -2.78. The van der Waals surface area contributed by atoms with E-state index in [0.717, 1.165) is 47.5 Å². The molecule has 3 aromatic rings. The summed E-state index contributed by atoms with van der Waals surface area (Å²) >= 11 is 19.3. The molecule has 2 amide bonds. The second kappa shape index (κ2) is 14.3. The van der Waals surface area contributed by atoms with Crippen LogP contribution >= 0.6 is 34.8 Å². The molecular weight excluding hydrogens is 629 g/mol. The van der Waals surface area contributed by atoms with E-state index >= 15 is 0 Å². The molecular formula is C32H36Cl3N3O4S. The number of carbonyl (C=O) groups is 2. The highest BCUT2D eigenvalue weighted by Gasteiger charge is 2.34. The molecule has 7 nitrogen and oxygen atoms in total. The number of aryl methyl sites for hydroxylation is 2. The third kappa shape index (κ3) is 8.04. The molecule has 1 aliphatic carbocycles. The van der Waals surface area contributed by atoms with Crippen molar-refractivity contribution in [3.8, 4) is 0 Å². The lowest BCUT2D eigenvalue weighted by Crippen LogP contribution is -2.53. The average Bonchev–Trinajstić information content (AvgIpc) is 2.97. The third-order valence-electron chi connectivity index (χ3n) is 7.84. The van der Waals surface area contributed by atoms with Gasteiger partial charge in [0.2, 0.25) is 11.8 Å². The molecule has 4 rings (SSSR count). The van der Waals surface area contributed by atoms with Gasteiger partial charge in [-0.05, 0) is 75.6 Å². The first kappa shape index (κ1) is 33.1. The Bertz CT molecular complexity index is 1550. The fourth-order valence-electron chi connectivity index (χ4n) is 5.11. The summed E-state index contributed by atoms with van der Waals surface area (Å²) in [4.78, 5) is 29.0. The smallest absolute Gasteiger partial charge is 0.264 e. The molecule has 1 N–H and O–H groups in total. The van der Waals surface area contributed by atoms with Crippen molar-refractivity contribution < 1.29 is 18.0 Å². The van der Waals surface area contributed by atoms with Gasteiger partial charge in [0.25, 0.3) is 10.0 Å². The lowest BCUT2D eigenvalue weighted by Gasteiger charge is -2.33. The summed E-state index contributed by atoms with van der Waals surface area (Å²) in [6.07, 6.45) is 4.94. The van der Waals surface area contributed by atoms with E-state index in [1.807, 2.05) is 6.92 Å². The van der Waals surface area contributed by atoms with Crippen molar-refractivity contribution in [2.45, 2.75) is 76.4 Å². The van der Waals surface area contributed by atoms with E-state index in [9.17, 15) is 18.0 Å². The van der Waals surface area contributed by atoms with E-state index in [1.54, 1.807) is 56.3 Å². The number of nitrogens with one attached hydrogen (secondary N) is 1. The lowest BCUT2D eigenvalue weighted by molar-refractivity contribution is -0.139. The summed E-state index contributed by atoms with van der Waals surface area (Å²) < 4.78 is 29.1. The molecule has 0 unspecified atom stereocenters. The monoisotopic (exact) mass is 663 g/mol. The van der Waals surface area contributed by atoms with E-state index in [1.165, 1.54) is 23.1 Å². The van der Waals surface area contributed by atoms with E-state index in [2.05, 4.69) is 5.32 Å². The van der Waals surface area contributed by atoms with Gasteiger partial charge in [-0.15, -0.1) is 0 Å². The molecule has 1 fully saturated rings. The highest BCUT2D eigenvalue weighted by atomic mass is 35.5. The lowest BCUT2D eigenvalue weighted by atomic mass is 9.95.